The Hall–Kier alpha value is -2.94. The van der Waals surface area contributed by atoms with E-state index < -0.39 is 27.4 Å². The van der Waals surface area contributed by atoms with Crippen molar-refractivity contribution in [2.24, 2.45) is 5.16 Å². The number of sulfonamides is 1. The molecule has 41 heavy (non-hydrogen) atoms. The molecule has 2 saturated heterocycles. The smallest absolute Gasteiger partial charge is 0.387 e. The zero-order valence-corrected chi connectivity index (χ0v) is 23.5. The Kier molecular flexibility index (Phi) is 7.15. The molecule has 2 aromatic rings. The molecule has 1 unspecified atom stereocenters. The number of hydrogen-bond donors (Lipinski definition) is 1. The first-order valence-corrected chi connectivity index (χ1v) is 15.2. The molecule has 0 saturated carbocycles. The van der Waals surface area contributed by atoms with Crippen molar-refractivity contribution in [2.75, 3.05) is 55.6 Å². The molecule has 220 valence electrons. The van der Waals surface area contributed by atoms with Gasteiger partial charge in [-0.2, -0.15) is 17.5 Å². The lowest BCUT2D eigenvalue weighted by molar-refractivity contribution is -0.137. The maximum Gasteiger partial charge on any atom is 0.416 e. The second-order valence-electron chi connectivity index (χ2n) is 10.7. The summed E-state index contributed by atoms with van der Waals surface area (Å²) in [5, 5.41) is 7.12. The number of piperidine rings is 1. The van der Waals surface area contributed by atoms with Crippen LogP contribution in [-0.2, 0) is 32.3 Å². The van der Waals surface area contributed by atoms with Crippen LogP contribution in [0, 0.1) is 0 Å². The van der Waals surface area contributed by atoms with Crippen LogP contribution in [0.15, 0.2) is 40.4 Å². The first-order chi connectivity index (χ1) is 19.5. The van der Waals surface area contributed by atoms with E-state index in [2.05, 4.69) is 15.5 Å². The van der Waals surface area contributed by atoms with Crippen LogP contribution in [0.4, 0.5) is 24.7 Å². The van der Waals surface area contributed by atoms with E-state index in [9.17, 15) is 26.4 Å². The van der Waals surface area contributed by atoms with Crippen LogP contribution >= 0.6 is 11.6 Å². The Morgan fingerprint density at radius 1 is 1.10 bits per heavy atom. The SMILES string of the molecule is O=C(C1=NOC2(CCCNC2)C1)N1CCc2cc(S(=O)(=O)N3CCN(c4cc(C(F)(F)F)cc(Cl)n4)CC3)ccc21. The summed E-state index contributed by atoms with van der Waals surface area (Å²) in [6.07, 6.45) is -1.86. The molecule has 1 amide bonds. The predicted octanol–water partition coefficient (Wildman–Crippen LogP) is 3.05. The summed E-state index contributed by atoms with van der Waals surface area (Å²) in [6, 6.07) is 6.40. The van der Waals surface area contributed by atoms with E-state index in [0.29, 0.717) is 37.3 Å². The zero-order chi connectivity index (χ0) is 29.0. The molecule has 0 radical (unpaired) electrons. The lowest BCUT2D eigenvalue weighted by Crippen LogP contribution is -2.49. The number of carbonyl (C=O) groups is 1. The van der Waals surface area contributed by atoms with E-state index in [4.69, 9.17) is 16.4 Å². The highest BCUT2D eigenvalue weighted by atomic mass is 35.5. The summed E-state index contributed by atoms with van der Waals surface area (Å²) in [5.74, 6) is -0.187. The number of hydrogen-bond acceptors (Lipinski definition) is 8. The van der Waals surface area contributed by atoms with Crippen LogP contribution in [0.5, 0.6) is 0 Å². The largest absolute Gasteiger partial charge is 0.416 e. The quantitative estimate of drug-likeness (QED) is 0.529. The number of aromatic nitrogens is 1. The molecule has 5 heterocycles. The van der Waals surface area contributed by atoms with Crippen LogP contribution in [0.1, 0.15) is 30.4 Å². The molecule has 15 heteroatoms. The fourth-order valence-electron chi connectivity index (χ4n) is 5.83. The highest BCUT2D eigenvalue weighted by molar-refractivity contribution is 7.89. The van der Waals surface area contributed by atoms with Gasteiger partial charge >= 0.3 is 6.18 Å². The van der Waals surface area contributed by atoms with Gasteiger partial charge in [0.05, 0.1) is 10.5 Å². The number of benzene rings is 1. The van der Waals surface area contributed by atoms with E-state index in [1.807, 2.05) is 0 Å². The van der Waals surface area contributed by atoms with E-state index >= 15 is 0 Å². The Morgan fingerprint density at radius 2 is 1.88 bits per heavy atom. The van der Waals surface area contributed by atoms with E-state index in [0.717, 1.165) is 37.1 Å². The molecule has 10 nitrogen and oxygen atoms in total. The zero-order valence-electron chi connectivity index (χ0n) is 22.0. The highest BCUT2D eigenvalue weighted by Gasteiger charge is 2.44. The molecule has 4 aliphatic heterocycles. The molecule has 1 aromatic carbocycles. The number of rotatable bonds is 4. The monoisotopic (exact) mass is 612 g/mol. The number of anilines is 2. The molecule has 0 aliphatic carbocycles. The second-order valence-corrected chi connectivity index (χ2v) is 13.0. The van der Waals surface area contributed by atoms with Gasteiger partial charge in [0, 0.05) is 51.4 Å². The Balaban J connectivity index is 1.13. The van der Waals surface area contributed by atoms with Crippen LogP contribution in [0.2, 0.25) is 5.15 Å². The fourth-order valence-corrected chi connectivity index (χ4v) is 7.50. The first-order valence-electron chi connectivity index (χ1n) is 13.4. The lowest BCUT2D eigenvalue weighted by atomic mass is 9.89. The summed E-state index contributed by atoms with van der Waals surface area (Å²) in [7, 11) is -3.87. The maximum atomic E-state index is 13.5. The van der Waals surface area contributed by atoms with Gasteiger partial charge in [-0.1, -0.05) is 16.8 Å². The number of halogens is 4. The molecule has 6 rings (SSSR count). The van der Waals surface area contributed by atoms with Crippen LogP contribution in [0.3, 0.4) is 0 Å². The van der Waals surface area contributed by atoms with Crippen molar-refractivity contribution in [1.29, 1.82) is 0 Å². The molecular formula is C26H28ClF3N6O4S. The standard InChI is InChI=1S/C26H28ClF3N6O4S/c27-22-13-18(26(28,29)30)14-23(32-22)34-8-10-35(11-9-34)41(38,39)19-2-3-21-17(12-19)4-7-36(21)24(37)20-15-25(40-33-20)5-1-6-31-16-25/h2-3,12-14,31H,1,4-11,15-16H2. The van der Waals surface area contributed by atoms with Crippen LogP contribution in [0.25, 0.3) is 0 Å². The number of amides is 1. The molecule has 4 aliphatic rings. The van der Waals surface area contributed by atoms with Crippen molar-refractivity contribution in [1.82, 2.24) is 14.6 Å². The Morgan fingerprint density at radius 3 is 2.59 bits per heavy atom. The third-order valence-corrected chi connectivity index (χ3v) is 10.1. The van der Waals surface area contributed by atoms with Gasteiger partial charge in [0.1, 0.15) is 16.7 Å². The number of nitrogens with one attached hydrogen (secondary N) is 1. The van der Waals surface area contributed by atoms with Gasteiger partial charge in [0.25, 0.3) is 5.91 Å². The topological polar surface area (TPSA) is 107 Å². The van der Waals surface area contributed by atoms with Gasteiger partial charge in [-0.15, -0.1) is 0 Å². The minimum Gasteiger partial charge on any atom is -0.387 e. The molecule has 1 spiro atoms. The third-order valence-electron chi connectivity index (χ3n) is 8.02. The van der Waals surface area contributed by atoms with Crippen molar-refractivity contribution >= 4 is 44.7 Å². The van der Waals surface area contributed by atoms with Crippen molar-refractivity contribution in [3.8, 4) is 0 Å². The van der Waals surface area contributed by atoms with Gasteiger partial charge in [-0.05, 0) is 61.7 Å². The van der Waals surface area contributed by atoms with E-state index in [-0.39, 0.29) is 48.0 Å². The van der Waals surface area contributed by atoms with E-state index in [1.54, 1.807) is 21.9 Å². The van der Waals surface area contributed by atoms with Gasteiger partial charge in [0.2, 0.25) is 10.0 Å². The summed E-state index contributed by atoms with van der Waals surface area (Å²) < 4.78 is 67.9. The number of pyridine rings is 1. The second kappa shape index (κ2) is 10.4. The van der Waals surface area contributed by atoms with Gasteiger partial charge in [-0.25, -0.2) is 13.4 Å². The number of oxime groups is 1. The average molecular weight is 613 g/mol. The summed E-state index contributed by atoms with van der Waals surface area (Å²) in [4.78, 5) is 26.3. The van der Waals surface area contributed by atoms with Gasteiger partial charge in [0.15, 0.2) is 5.60 Å². The third kappa shape index (κ3) is 5.38. The molecule has 1 N–H and O–H groups in total. The Bertz CT molecular complexity index is 1510. The van der Waals surface area contributed by atoms with Gasteiger partial charge in [-0.3, -0.25) is 4.79 Å². The van der Waals surface area contributed by atoms with Gasteiger partial charge < -0.3 is 20.0 Å². The minimum absolute atomic E-state index is 0.0482. The fraction of sp³-hybridized carbons (Fsp3) is 0.500. The van der Waals surface area contributed by atoms with Crippen molar-refractivity contribution in [2.45, 2.75) is 42.4 Å². The number of alkyl halides is 3. The minimum atomic E-state index is -4.58. The van der Waals surface area contributed by atoms with Crippen molar-refractivity contribution < 1.29 is 31.2 Å². The van der Waals surface area contributed by atoms with Crippen molar-refractivity contribution in [3.05, 3.63) is 46.6 Å². The summed E-state index contributed by atoms with van der Waals surface area (Å²) >= 11 is 5.82. The normalized spacial score (nSPS) is 23.5. The highest BCUT2D eigenvalue weighted by Crippen LogP contribution is 2.36. The first kappa shape index (κ1) is 28.2. The number of nitrogens with zero attached hydrogens (tertiary/aromatic N) is 5. The number of piperazine rings is 1. The Labute approximate surface area is 240 Å². The molecule has 0 bridgehead atoms. The molecular weight excluding hydrogens is 585 g/mol. The maximum absolute atomic E-state index is 13.5. The molecule has 2 fully saturated rings. The number of fused-ring (bicyclic) bond motifs is 1. The predicted molar refractivity (Wildman–Crippen MR) is 146 cm³/mol. The molecule has 1 aromatic heterocycles. The van der Waals surface area contributed by atoms with E-state index in [1.165, 1.54) is 10.4 Å². The van der Waals surface area contributed by atoms with Crippen LogP contribution < -0.4 is 15.1 Å². The summed E-state index contributed by atoms with van der Waals surface area (Å²) in [5.41, 5.74) is 0.377. The number of carbonyl (C=O) groups excluding carboxylic acids is 1. The lowest BCUT2D eigenvalue weighted by Gasteiger charge is -2.35. The van der Waals surface area contributed by atoms with Crippen LogP contribution in [-0.4, -0.2) is 80.7 Å². The summed E-state index contributed by atoms with van der Waals surface area (Å²) in [6.45, 7) is 2.40. The average Bonchev–Trinajstić information content (AvgIpc) is 3.56. The molecule has 1 atom stereocenters. The van der Waals surface area contributed by atoms with Crippen molar-refractivity contribution in [3.63, 3.8) is 0 Å².